The molecule has 0 saturated heterocycles. The maximum Gasteiger partial charge on any atom is 0.157 e. The Morgan fingerprint density at radius 1 is 0.413 bits per heavy atom. The average Bonchev–Trinajstić information content (AvgIpc) is 3.04. The number of Topliss-reactive ketones (excluding diaryl/α,β-unsaturated/α-hetero) is 1. The van der Waals surface area contributed by atoms with Crippen LogP contribution >= 0.6 is 63.7 Å². The van der Waals surface area contributed by atoms with Crippen molar-refractivity contribution in [1.82, 2.24) is 0 Å². The van der Waals surface area contributed by atoms with E-state index in [-0.39, 0.29) is 5.78 Å². The van der Waals surface area contributed by atoms with Gasteiger partial charge in [-0.05, 0) is 82.9 Å². The van der Waals surface area contributed by atoms with E-state index in [1.807, 2.05) is 84.9 Å². The highest BCUT2D eigenvalue weighted by atomic mass is 79.9. The summed E-state index contributed by atoms with van der Waals surface area (Å²) in [5.41, 5.74) is 7.49. The van der Waals surface area contributed by atoms with E-state index in [1.54, 1.807) is 0 Å². The van der Waals surface area contributed by atoms with Crippen LogP contribution in [0.25, 0.3) is 22.3 Å². The van der Waals surface area contributed by atoms with Gasteiger partial charge >= 0.3 is 0 Å². The van der Waals surface area contributed by atoms with Crippen molar-refractivity contribution in [3.63, 3.8) is 0 Å². The molecular formula is C39H22Br4O3. The van der Waals surface area contributed by atoms with E-state index in [4.69, 9.17) is 9.47 Å². The lowest BCUT2D eigenvalue weighted by atomic mass is 9.74. The molecule has 0 aliphatic carbocycles. The lowest BCUT2D eigenvalue weighted by molar-refractivity contribution is -0.120. The number of fused-ring (bicyclic) bond motifs is 4. The fraction of sp³-hybridized carbons (Fsp3) is 0.0513. The fourth-order valence-corrected chi connectivity index (χ4v) is 9.09. The van der Waals surface area contributed by atoms with Crippen molar-refractivity contribution >= 4 is 69.5 Å². The predicted octanol–water partition coefficient (Wildman–Crippen LogP) is 12.8. The van der Waals surface area contributed by atoms with Crippen LogP contribution < -0.4 is 9.47 Å². The van der Waals surface area contributed by atoms with Gasteiger partial charge in [0.05, 0.1) is 11.8 Å². The third kappa shape index (κ3) is 5.37. The van der Waals surface area contributed by atoms with E-state index in [1.165, 1.54) is 0 Å². The van der Waals surface area contributed by atoms with E-state index in [0.717, 1.165) is 62.4 Å². The Balaban J connectivity index is 1.26. The minimum atomic E-state index is -0.534. The fourth-order valence-electron chi connectivity index (χ4n) is 6.50. The quantitative estimate of drug-likeness (QED) is 0.177. The smallest absolute Gasteiger partial charge is 0.157 e. The van der Waals surface area contributed by atoms with Crippen LogP contribution in [0.4, 0.5) is 0 Å². The molecule has 2 aliphatic heterocycles. The summed E-state index contributed by atoms with van der Waals surface area (Å²) >= 11 is 14.4. The highest BCUT2D eigenvalue weighted by Crippen LogP contribution is 2.52. The molecular weight excluding hydrogens is 836 g/mol. The zero-order chi connectivity index (χ0) is 31.5. The van der Waals surface area contributed by atoms with Crippen LogP contribution in [0.5, 0.6) is 23.0 Å². The molecule has 2 atom stereocenters. The van der Waals surface area contributed by atoms with Gasteiger partial charge in [-0.25, -0.2) is 0 Å². The second-order valence-corrected chi connectivity index (χ2v) is 15.0. The number of ketones is 1. The lowest BCUT2D eigenvalue weighted by Gasteiger charge is -2.33. The minimum Gasteiger partial charge on any atom is -0.457 e. The number of ether oxygens (including phenoxy) is 2. The molecule has 8 rings (SSSR count). The van der Waals surface area contributed by atoms with Crippen molar-refractivity contribution in [3.8, 4) is 45.3 Å². The first-order valence-corrected chi connectivity index (χ1v) is 17.8. The van der Waals surface area contributed by atoms with Gasteiger partial charge in [0.15, 0.2) is 5.78 Å². The highest BCUT2D eigenvalue weighted by Gasteiger charge is 2.41. The number of hydrogen-bond donors (Lipinski definition) is 0. The molecule has 0 spiro atoms. The molecule has 0 fully saturated rings. The number of para-hydroxylation sites is 2. The van der Waals surface area contributed by atoms with Crippen molar-refractivity contribution < 1.29 is 14.3 Å². The van der Waals surface area contributed by atoms with Crippen LogP contribution in [0.3, 0.4) is 0 Å². The third-order valence-corrected chi connectivity index (χ3v) is 10.3. The molecule has 6 aromatic carbocycles. The summed E-state index contributed by atoms with van der Waals surface area (Å²) in [4.78, 5) is 15.2. The maximum atomic E-state index is 15.2. The Labute approximate surface area is 300 Å². The van der Waals surface area contributed by atoms with E-state index in [0.29, 0.717) is 23.0 Å². The summed E-state index contributed by atoms with van der Waals surface area (Å²) in [6.45, 7) is 0. The SMILES string of the molecule is O=C(C1c2ccccc2Oc2cc(-c3cc(Br)cc(Br)c3)ccc21)C1c2ccccc2Oc2cc(-c3cc(Br)cc(Br)c3)ccc21. The molecule has 0 aromatic heterocycles. The normalized spacial score (nSPS) is 15.8. The summed E-state index contributed by atoms with van der Waals surface area (Å²) in [5, 5.41) is 0. The van der Waals surface area contributed by atoms with Crippen molar-refractivity contribution in [1.29, 1.82) is 0 Å². The molecule has 0 bridgehead atoms. The predicted molar refractivity (Wildman–Crippen MR) is 196 cm³/mol. The van der Waals surface area contributed by atoms with Crippen molar-refractivity contribution in [2.24, 2.45) is 0 Å². The van der Waals surface area contributed by atoms with E-state index < -0.39 is 11.8 Å². The molecule has 0 radical (unpaired) electrons. The first-order chi connectivity index (χ1) is 22.3. The van der Waals surface area contributed by atoms with Gasteiger partial charge in [0.25, 0.3) is 0 Å². The number of benzene rings is 6. The van der Waals surface area contributed by atoms with Crippen LogP contribution in [-0.4, -0.2) is 5.78 Å². The van der Waals surface area contributed by atoms with Crippen LogP contribution in [0.15, 0.2) is 139 Å². The monoisotopic (exact) mass is 854 g/mol. The van der Waals surface area contributed by atoms with Crippen molar-refractivity contribution in [2.75, 3.05) is 0 Å². The number of halogens is 4. The molecule has 6 aromatic rings. The summed E-state index contributed by atoms with van der Waals surface area (Å²) < 4.78 is 16.9. The van der Waals surface area contributed by atoms with Gasteiger partial charge in [-0.3, -0.25) is 4.79 Å². The van der Waals surface area contributed by atoms with Crippen LogP contribution in [0, 0.1) is 0 Å². The van der Waals surface area contributed by atoms with Gasteiger partial charge in [-0.15, -0.1) is 0 Å². The van der Waals surface area contributed by atoms with Gasteiger partial charge in [-0.2, -0.15) is 0 Å². The second-order valence-electron chi connectivity index (χ2n) is 11.4. The van der Waals surface area contributed by atoms with Crippen LogP contribution in [-0.2, 0) is 4.79 Å². The summed E-state index contributed by atoms with van der Waals surface area (Å²) in [7, 11) is 0. The number of carbonyl (C=O) groups is 1. The van der Waals surface area contributed by atoms with Gasteiger partial charge in [0.2, 0.25) is 0 Å². The summed E-state index contributed by atoms with van der Waals surface area (Å²) in [5.74, 6) is 1.75. The summed E-state index contributed by atoms with van der Waals surface area (Å²) in [6, 6.07) is 40.3. The molecule has 2 aliphatic rings. The highest BCUT2D eigenvalue weighted by molar-refractivity contribution is 9.11. The Bertz CT molecular complexity index is 2010. The van der Waals surface area contributed by atoms with E-state index in [2.05, 4.69) is 100 Å². The second kappa shape index (κ2) is 11.9. The van der Waals surface area contributed by atoms with Gasteiger partial charge < -0.3 is 9.47 Å². The van der Waals surface area contributed by atoms with Crippen LogP contribution in [0.2, 0.25) is 0 Å². The van der Waals surface area contributed by atoms with Crippen molar-refractivity contribution in [2.45, 2.75) is 11.8 Å². The lowest BCUT2D eigenvalue weighted by Crippen LogP contribution is -2.27. The topological polar surface area (TPSA) is 35.5 Å². The van der Waals surface area contributed by atoms with Crippen molar-refractivity contribution in [3.05, 3.63) is 161 Å². The van der Waals surface area contributed by atoms with Gasteiger partial charge in [0, 0.05) is 40.1 Å². The molecule has 2 heterocycles. The molecule has 7 heteroatoms. The molecule has 0 amide bonds. The number of hydrogen-bond acceptors (Lipinski definition) is 3. The zero-order valence-corrected chi connectivity index (χ0v) is 30.3. The molecule has 0 saturated carbocycles. The molecule has 2 unspecified atom stereocenters. The Hall–Kier alpha value is -3.49. The molecule has 224 valence electrons. The first kappa shape index (κ1) is 29.9. The Morgan fingerprint density at radius 3 is 1.20 bits per heavy atom. The largest absolute Gasteiger partial charge is 0.457 e. The number of rotatable bonds is 4. The average molecular weight is 858 g/mol. The molecule has 3 nitrogen and oxygen atoms in total. The van der Waals surface area contributed by atoms with E-state index >= 15 is 4.79 Å². The Kier molecular flexibility index (Phi) is 7.76. The van der Waals surface area contributed by atoms with E-state index in [9.17, 15) is 0 Å². The minimum absolute atomic E-state index is 0.0740. The molecule has 46 heavy (non-hydrogen) atoms. The Morgan fingerprint density at radius 2 is 0.783 bits per heavy atom. The van der Waals surface area contributed by atoms with Gasteiger partial charge in [0.1, 0.15) is 23.0 Å². The zero-order valence-electron chi connectivity index (χ0n) is 23.9. The molecule has 0 N–H and O–H groups in total. The first-order valence-electron chi connectivity index (χ1n) is 14.6. The maximum absolute atomic E-state index is 15.2. The summed E-state index contributed by atoms with van der Waals surface area (Å²) in [6.07, 6.45) is 0. The third-order valence-electron chi connectivity index (χ3n) is 8.51. The standard InChI is InChI=1S/C39H22Br4O3/c40-25-13-23(14-26(41)19-25)21-9-11-31-35(17-21)45-33-7-3-1-5-29(33)37(31)39(44)38-30-6-2-4-8-34(30)46-36-18-22(10-12-32(36)38)24-15-27(42)20-28(43)16-24/h1-20,37-38H. The van der Waals surface area contributed by atoms with Crippen LogP contribution in [0.1, 0.15) is 34.1 Å². The van der Waals surface area contributed by atoms with Gasteiger partial charge in [-0.1, -0.05) is 124 Å². The number of carbonyl (C=O) groups excluding carboxylic acids is 1.